The van der Waals surface area contributed by atoms with Gasteiger partial charge in [-0.2, -0.15) is 0 Å². The molecule has 0 saturated heterocycles. The molecule has 1 rings (SSSR count). The molecule has 0 aliphatic heterocycles. The molecule has 0 fully saturated rings. The first-order valence-corrected chi connectivity index (χ1v) is 6.95. The monoisotopic (exact) mass is 299 g/mol. The van der Waals surface area contributed by atoms with Gasteiger partial charge in [-0.15, -0.1) is 0 Å². The van der Waals surface area contributed by atoms with E-state index >= 15 is 0 Å². The van der Waals surface area contributed by atoms with Gasteiger partial charge in [-0.25, -0.2) is 0 Å². The molecule has 94 valence electrons. The van der Waals surface area contributed by atoms with Crippen LogP contribution in [0.15, 0.2) is 30.3 Å². The van der Waals surface area contributed by atoms with Crippen molar-refractivity contribution < 1.29 is 9.53 Å². The number of unbranched alkanes of at least 4 members (excludes halogenated alkanes) is 1. The van der Waals surface area contributed by atoms with Crippen LogP contribution in [0.5, 0.6) is 5.75 Å². The summed E-state index contributed by atoms with van der Waals surface area (Å²) in [6.45, 7) is 1.07. The Bertz CT molecular complexity index is 316. The summed E-state index contributed by atoms with van der Waals surface area (Å²) in [5.41, 5.74) is 0. The van der Waals surface area contributed by atoms with Crippen LogP contribution in [-0.4, -0.2) is 24.4 Å². The zero-order valence-corrected chi connectivity index (χ0v) is 11.4. The van der Waals surface area contributed by atoms with Gasteiger partial charge in [0, 0.05) is 11.8 Å². The molecule has 1 aromatic rings. The van der Waals surface area contributed by atoms with Crippen LogP contribution in [-0.2, 0) is 4.79 Å². The Kier molecular flexibility index (Phi) is 7.47. The molecule has 0 unspecified atom stereocenters. The number of rotatable bonds is 8. The molecule has 1 N–H and O–H groups in total. The van der Waals surface area contributed by atoms with E-state index in [1.807, 2.05) is 30.3 Å². The van der Waals surface area contributed by atoms with E-state index in [9.17, 15) is 4.79 Å². The fourth-order valence-electron chi connectivity index (χ4n) is 1.34. The fourth-order valence-corrected chi connectivity index (χ4v) is 1.74. The quantitative estimate of drug-likeness (QED) is 0.592. The number of carbonyl (C=O) groups is 1. The van der Waals surface area contributed by atoms with Crippen LogP contribution in [0.2, 0.25) is 0 Å². The van der Waals surface area contributed by atoms with E-state index in [2.05, 4.69) is 21.2 Å². The topological polar surface area (TPSA) is 38.3 Å². The van der Waals surface area contributed by atoms with E-state index in [4.69, 9.17) is 4.74 Å². The molecule has 0 heterocycles. The molecule has 0 atom stereocenters. The second-order valence-electron chi connectivity index (χ2n) is 3.66. The molecular formula is C13H18BrNO2. The Morgan fingerprint density at radius 3 is 2.71 bits per heavy atom. The minimum Gasteiger partial charge on any atom is -0.492 e. The number of halogens is 1. The third kappa shape index (κ3) is 7.00. The van der Waals surface area contributed by atoms with Crippen molar-refractivity contribution in [3.05, 3.63) is 30.3 Å². The predicted molar refractivity (Wildman–Crippen MR) is 72.6 cm³/mol. The highest BCUT2D eigenvalue weighted by Gasteiger charge is 1.99. The molecule has 4 heteroatoms. The van der Waals surface area contributed by atoms with Crippen molar-refractivity contribution in [1.29, 1.82) is 0 Å². The molecule has 0 spiro atoms. The lowest BCUT2D eigenvalue weighted by molar-refractivity contribution is -0.121. The third-order valence-electron chi connectivity index (χ3n) is 2.22. The Labute approximate surface area is 111 Å². The summed E-state index contributed by atoms with van der Waals surface area (Å²) in [5.74, 6) is 0.934. The van der Waals surface area contributed by atoms with Crippen molar-refractivity contribution in [2.24, 2.45) is 0 Å². The van der Waals surface area contributed by atoms with Crippen molar-refractivity contribution in [3.8, 4) is 5.75 Å². The van der Waals surface area contributed by atoms with Gasteiger partial charge in [0.25, 0.3) is 0 Å². The van der Waals surface area contributed by atoms with E-state index in [1.54, 1.807) is 0 Å². The van der Waals surface area contributed by atoms with Gasteiger partial charge in [0.05, 0.1) is 6.54 Å². The van der Waals surface area contributed by atoms with Gasteiger partial charge in [0.1, 0.15) is 12.4 Å². The van der Waals surface area contributed by atoms with Gasteiger partial charge in [-0.05, 0) is 25.0 Å². The number of benzene rings is 1. The highest BCUT2D eigenvalue weighted by atomic mass is 79.9. The van der Waals surface area contributed by atoms with E-state index in [0.717, 1.165) is 23.9 Å². The summed E-state index contributed by atoms with van der Waals surface area (Å²) in [7, 11) is 0. The van der Waals surface area contributed by atoms with E-state index in [1.165, 1.54) is 0 Å². The number of carbonyl (C=O) groups excluding carboxylic acids is 1. The normalized spacial score (nSPS) is 9.94. The van der Waals surface area contributed by atoms with Crippen molar-refractivity contribution in [1.82, 2.24) is 5.32 Å². The van der Waals surface area contributed by atoms with Gasteiger partial charge >= 0.3 is 0 Å². The van der Waals surface area contributed by atoms with Crippen LogP contribution >= 0.6 is 15.9 Å². The zero-order chi connectivity index (χ0) is 12.3. The van der Waals surface area contributed by atoms with Crippen LogP contribution in [0.4, 0.5) is 0 Å². The molecule has 17 heavy (non-hydrogen) atoms. The minimum atomic E-state index is 0.0996. The molecule has 0 aromatic heterocycles. The summed E-state index contributed by atoms with van der Waals surface area (Å²) in [4.78, 5) is 11.3. The lowest BCUT2D eigenvalue weighted by atomic mass is 10.2. The molecule has 1 amide bonds. The second-order valence-corrected chi connectivity index (χ2v) is 4.45. The SMILES string of the molecule is O=C(CCCCBr)NCCOc1ccccc1. The van der Waals surface area contributed by atoms with Crippen LogP contribution in [0.1, 0.15) is 19.3 Å². The van der Waals surface area contributed by atoms with Gasteiger partial charge < -0.3 is 10.1 Å². The Morgan fingerprint density at radius 1 is 1.24 bits per heavy atom. The largest absolute Gasteiger partial charge is 0.492 e. The molecule has 0 radical (unpaired) electrons. The average molecular weight is 300 g/mol. The molecule has 0 aliphatic rings. The predicted octanol–water partition coefficient (Wildman–Crippen LogP) is 2.75. The third-order valence-corrected chi connectivity index (χ3v) is 2.78. The number of hydrogen-bond donors (Lipinski definition) is 1. The molecular weight excluding hydrogens is 282 g/mol. The smallest absolute Gasteiger partial charge is 0.220 e. The summed E-state index contributed by atoms with van der Waals surface area (Å²) < 4.78 is 5.46. The van der Waals surface area contributed by atoms with Crippen LogP contribution in [0.25, 0.3) is 0 Å². The van der Waals surface area contributed by atoms with Gasteiger partial charge in [-0.1, -0.05) is 34.1 Å². The Hall–Kier alpha value is -1.03. The van der Waals surface area contributed by atoms with Crippen molar-refractivity contribution in [2.75, 3.05) is 18.5 Å². The van der Waals surface area contributed by atoms with Crippen LogP contribution in [0.3, 0.4) is 0 Å². The highest BCUT2D eigenvalue weighted by molar-refractivity contribution is 9.09. The number of ether oxygens (including phenoxy) is 1. The van der Waals surface area contributed by atoms with E-state index < -0.39 is 0 Å². The minimum absolute atomic E-state index is 0.0996. The second kappa shape index (κ2) is 9.05. The molecule has 0 bridgehead atoms. The maximum absolute atomic E-state index is 11.3. The lowest BCUT2D eigenvalue weighted by Gasteiger charge is -2.07. The number of para-hydroxylation sites is 1. The summed E-state index contributed by atoms with van der Waals surface area (Å²) in [6, 6.07) is 9.59. The number of amides is 1. The highest BCUT2D eigenvalue weighted by Crippen LogP contribution is 2.07. The number of alkyl halides is 1. The van der Waals surface area contributed by atoms with Crippen LogP contribution in [0, 0.1) is 0 Å². The molecule has 0 aliphatic carbocycles. The maximum Gasteiger partial charge on any atom is 0.220 e. The Balaban J connectivity index is 2.02. The van der Waals surface area contributed by atoms with Gasteiger partial charge in [-0.3, -0.25) is 4.79 Å². The standard InChI is InChI=1S/C13H18BrNO2/c14-9-5-4-8-13(16)15-10-11-17-12-6-2-1-3-7-12/h1-3,6-7H,4-5,8-11H2,(H,15,16). The summed E-state index contributed by atoms with van der Waals surface area (Å²) >= 11 is 3.34. The fraction of sp³-hybridized carbons (Fsp3) is 0.462. The maximum atomic E-state index is 11.3. The van der Waals surface area contributed by atoms with Crippen molar-refractivity contribution in [3.63, 3.8) is 0 Å². The summed E-state index contributed by atoms with van der Waals surface area (Å²) in [6.07, 6.45) is 2.56. The van der Waals surface area contributed by atoms with Crippen molar-refractivity contribution >= 4 is 21.8 Å². The van der Waals surface area contributed by atoms with Gasteiger partial charge in [0.15, 0.2) is 0 Å². The van der Waals surface area contributed by atoms with E-state index in [0.29, 0.717) is 19.6 Å². The van der Waals surface area contributed by atoms with E-state index in [-0.39, 0.29) is 5.91 Å². The summed E-state index contributed by atoms with van der Waals surface area (Å²) in [5, 5.41) is 3.79. The first-order chi connectivity index (χ1) is 8.33. The molecule has 0 saturated carbocycles. The number of hydrogen-bond acceptors (Lipinski definition) is 2. The number of nitrogens with one attached hydrogen (secondary N) is 1. The first kappa shape index (κ1) is 14.0. The van der Waals surface area contributed by atoms with Gasteiger partial charge in [0.2, 0.25) is 5.91 Å². The lowest BCUT2D eigenvalue weighted by Crippen LogP contribution is -2.27. The zero-order valence-electron chi connectivity index (χ0n) is 9.82. The molecule has 3 nitrogen and oxygen atoms in total. The van der Waals surface area contributed by atoms with Crippen LogP contribution < -0.4 is 10.1 Å². The average Bonchev–Trinajstić information content (AvgIpc) is 2.36. The van der Waals surface area contributed by atoms with Crippen molar-refractivity contribution in [2.45, 2.75) is 19.3 Å². The Morgan fingerprint density at radius 2 is 2.00 bits per heavy atom. The molecule has 1 aromatic carbocycles. The first-order valence-electron chi connectivity index (χ1n) is 5.83.